The number of unbranched alkanes of at least 4 members (excludes halogenated alkanes) is 11. The minimum absolute atomic E-state index is 0. The van der Waals surface area contributed by atoms with Gasteiger partial charge in [-0.1, -0.05) is 104 Å². The van der Waals surface area contributed by atoms with Gasteiger partial charge in [0.15, 0.2) is 0 Å². The molecule has 0 rings (SSSR count). The van der Waals surface area contributed by atoms with Crippen molar-refractivity contribution in [3.8, 4) is 0 Å². The van der Waals surface area contributed by atoms with E-state index in [4.69, 9.17) is 0 Å². The van der Waals surface area contributed by atoms with E-state index in [-0.39, 0.29) is 57.5 Å². The quantitative estimate of drug-likeness (QED) is 0.177. The molecule has 0 fully saturated rings. The summed E-state index contributed by atoms with van der Waals surface area (Å²) >= 11 is 0. The van der Waals surface area contributed by atoms with Crippen LogP contribution in [0.3, 0.4) is 0 Å². The van der Waals surface area contributed by atoms with Gasteiger partial charge < -0.3 is 9.66 Å². The van der Waals surface area contributed by atoms with E-state index in [9.17, 15) is 18.1 Å². The Bertz CT molecular complexity index is 415. The molecular formula is C22H45KO4S. The van der Waals surface area contributed by atoms with E-state index in [1.54, 1.807) is 0 Å². The van der Waals surface area contributed by atoms with Crippen molar-refractivity contribution < 1.29 is 69.5 Å². The fourth-order valence-corrected chi connectivity index (χ4v) is 4.68. The first-order valence-electron chi connectivity index (χ1n) is 11.5. The monoisotopic (exact) mass is 444 g/mol. The van der Waals surface area contributed by atoms with Crippen LogP contribution in [0.25, 0.3) is 0 Å². The van der Waals surface area contributed by atoms with Gasteiger partial charge in [-0.25, -0.2) is 8.42 Å². The number of hydrogen-bond acceptors (Lipinski definition) is 4. The standard InChI is InChI=1S/C22H46O4S.K/c1-3-5-6-7-8-9-11-14-18-21(23)19-15-12-10-13-16-20-22(17-4-2)27(24,25)26;/h21-23H,3-20H2,1-2H3,(H,24,25,26);/q;+1/p-1. The Morgan fingerprint density at radius 2 is 1.04 bits per heavy atom. The molecule has 2 atom stereocenters. The molecule has 0 aliphatic heterocycles. The molecule has 0 amide bonds. The van der Waals surface area contributed by atoms with Gasteiger partial charge in [-0.05, 0) is 25.7 Å². The molecule has 0 saturated carbocycles. The Morgan fingerprint density at radius 1 is 0.643 bits per heavy atom. The summed E-state index contributed by atoms with van der Waals surface area (Å²) in [5.41, 5.74) is 0. The summed E-state index contributed by atoms with van der Waals surface area (Å²) in [5.74, 6) is 0. The van der Waals surface area contributed by atoms with Gasteiger partial charge in [0.1, 0.15) is 0 Å². The topological polar surface area (TPSA) is 77.4 Å². The van der Waals surface area contributed by atoms with Crippen LogP contribution in [0, 0.1) is 0 Å². The summed E-state index contributed by atoms with van der Waals surface area (Å²) in [6, 6.07) is 0. The maximum absolute atomic E-state index is 11.2. The van der Waals surface area contributed by atoms with Crippen LogP contribution in [-0.2, 0) is 10.1 Å². The van der Waals surface area contributed by atoms with Crippen LogP contribution in [0.2, 0.25) is 0 Å². The van der Waals surface area contributed by atoms with Crippen molar-refractivity contribution in [1.29, 1.82) is 0 Å². The van der Waals surface area contributed by atoms with Crippen LogP contribution in [0.15, 0.2) is 0 Å². The van der Waals surface area contributed by atoms with Crippen LogP contribution < -0.4 is 51.4 Å². The molecule has 0 bridgehead atoms. The predicted molar refractivity (Wildman–Crippen MR) is 114 cm³/mol. The third-order valence-corrected chi connectivity index (χ3v) is 6.76. The molecule has 0 aromatic rings. The van der Waals surface area contributed by atoms with Crippen molar-refractivity contribution >= 4 is 10.1 Å². The average molecular weight is 445 g/mol. The van der Waals surface area contributed by atoms with Crippen LogP contribution >= 0.6 is 0 Å². The van der Waals surface area contributed by atoms with Gasteiger partial charge in [0.2, 0.25) is 0 Å². The summed E-state index contributed by atoms with van der Waals surface area (Å²) < 4.78 is 33.5. The molecule has 6 heteroatoms. The summed E-state index contributed by atoms with van der Waals surface area (Å²) in [4.78, 5) is 0. The van der Waals surface area contributed by atoms with Crippen molar-refractivity contribution in [3.05, 3.63) is 0 Å². The largest absolute Gasteiger partial charge is 1.00 e. The summed E-state index contributed by atoms with van der Waals surface area (Å²) in [6.45, 7) is 4.16. The second-order valence-corrected chi connectivity index (χ2v) is 9.82. The smallest absolute Gasteiger partial charge is 0.748 e. The predicted octanol–water partition coefficient (Wildman–Crippen LogP) is 3.33. The normalized spacial score (nSPS) is 13.9. The number of hydrogen-bond donors (Lipinski definition) is 1. The maximum Gasteiger partial charge on any atom is 1.00 e. The zero-order chi connectivity index (χ0) is 20.4. The molecule has 0 aliphatic rings. The first kappa shape index (κ1) is 31.7. The Labute approximate surface area is 218 Å². The van der Waals surface area contributed by atoms with E-state index in [0.717, 1.165) is 57.8 Å². The van der Waals surface area contributed by atoms with Gasteiger partial charge in [0.25, 0.3) is 0 Å². The molecule has 0 aromatic heterocycles. The molecule has 164 valence electrons. The van der Waals surface area contributed by atoms with Crippen molar-refractivity contribution in [2.45, 2.75) is 141 Å². The minimum atomic E-state index is -4.14. The molecule has 4 nitrogen and oxygen atoms in total. The molecule has 0 heterocycles. The van der Waals surface area contributed by atoms with Crippen LogP contribution in [0.4, 0.5) is 0 Å². The van der Waals surface area contributed by atoms with Gasteiger partial charge in [0, 0.05) is 5.25 Å². The second-order valence-electron chi connectivity index (χ2n) is 8.17. The summed E-state index contributed by atoms with van der Waals surface area (Å²) in [6.07, 6.45) is 18.7. The third-order valence-electron chi connectivity index (χ3n) is 5.47. The van der Waals surface area contributed by atoms with Crippen LogP contribution in [0.1, 0.15) is 129 Å². The van der Waals surface area contributed by atoms with Crippen molar-refractivity contribution in [3.63, 3.8) is 0 Å². The SMILES string of the molecule is CCCCCCCCCCC(O)CCCCCCCC(CCC)S(=O)(=O)[O-].[K+]. The molecule has 1 N–H and O–H groups in total. The van der Waals surface area contributed by atoms with E-state index < -0.39 is 15.4 Å². The minimum Gasteiger partial charge on any atom is -0.748 e. The number of aliphatic hydroxyl groups excluding tert-OH is 1. The van der Waals surface area contributed by atoms with Gasteiger partial charge >= 0.3 is 51.4 Å². The average Bonchev–Trinajstić information content (AvgIpc) is 2.61. The Hall–Kier alpha value is 1.51. The van der Waals surface area contributed by atoms with Crippen molar-refractivity contribution in [2.24, 2.45) is 0 Å². The van der Waals surface area contributed by atoms with Gasteiger partial charge in [-0.3, -0.25) is 0 Å². The molecule has 0 spiro atoms. The van der Waals surface area contributed by atoms with Gasteiger partial charge in [-0.15, -0.1) is 0 Å². The fraction of sp³-hybridized carbons (Fsp3) is 1.00. The molecule has 2 unspecified atom stereocenters. The van der Waals surface area contributed by atoms with E-state index in [2.05, 4.69) is 6.92 Å². The van der Waals surface area contributed by atoms with E-state index >= 15 is 0 Å². The second kappa shape index (κ2) is 21.7. The zero-order valence-corrected chi connectivity index (χ0v) is 22.9. The third kappa shape index (κ3) is 20.8. The first-order valence-corrected chi connectivity index (χ1v) is 13.0. The zero-order valence-electron chi connectivity index (χ0n) is 19.0. The van der Waals surface area contributed by atoms with Gasteiger partial charge in [-0.2, -0.15) is 0 Å². The van der Waals surface area contributed by atoms with Crippen LogP contribution in [-0.4, -0.2) is 29.4 Å². The van der Waals surface area contributed by atoms with Crippen molar-refractivity contribution in [1.82, 2.24) is 0 Å². The van der Waals surface area contributed by atoms with Crippen molar-refractivity contribution in [2.75, 3.05) is 0 Å². The molecule has 0 aromatic carbocycles. The molecule has 0 radical (unpaired) electrons. The molecule has 0 saturated heterocycles. The fourth-order valence-electron chi connectivity index (χ4n) is 3.70. The first-order chi connectivity index (χ1) is 12.9. The van der Waals surface area contributed by atoms with Crippen LogP contribution in [0.5, 0.6) is 0 Å². The Balaban J connectivity index is 0. The molecular weight excluding hydrogens is 399 g/mol. The molecule has 0 aliphatic carbocycles. The molecule has 28 heavy (non-hydrogen) atoms. The summed E-state index contributed by atoms with van der Waals surface area (Å²) in [5, 5.41) is 9.35. The number of aliphatic hydroxyl groups is 1. The Kier molecular flexibility index (Phi) is 24.6. The maximum atomic E-state index is 11.2. The number of rotatable bonds is 20. The van der Waals surface area contributed by atoms with E-state index in [1.165, 1.54) is 44.9 Å². The van der Waals surface area contributed by atoms with E-state index in [0.29, 0.717) is 12.8 Å². The van der Waals surface area contributed by atoms with E-state index in [1.807, 2.05) is 6.92 Å². The van der Waals surface area contributed by atoms with Gasteiger partial charge in [0.05, 0.1) is 16.2 Å². The Morgan fingerprint density at radius 3 is 1.43 bits per heavy atom. The summed E-state index contributed by atoms with van der Waals surface area (Å²) in [7, 11) is -4.14.